The zero-order chi connectivity index (χ0) is 12.3. The molecule has 0 radical (unpaired) electrons. The molecule has 1 fully saturated rings. The van der Waals surface area contributed by atoms with Crippen LogP contribution in [0.25, 0.3) is 0 Å². The van der Waals surface area contributed by atoms with E-state index in [1.807, 2.05) is 22.5 Å². The van der Waals surface area contributed by atoms with Crippen LogP contribution in [0.3, 0.4) is 0 Å². The van der Waals surface area contributed by atoms with E-state index < -0.39 is 0 Å². The van der Waals surface area contributed by atoms with Crippen molar-refractivity contribution < 1.29 is 0 Å². The third-order valence-corrected chi connectivity index (χ3v) is 5.29. The first kappa shape index (κ1) is 12.9. The van der Waals surface area contributed by atoms with Crippen LogP contribution in [0.1, 0.15) is 32.1 Å². The van der Waals surface area contributed by atoms with E-state index in [0.717, 1.165) is 6.54 Å². The molecule has 5 heteroatoms. The van der Waals surface area contributed by atoms with Crippen molar-refractivity contribution in [3.8, 4) is 0 Å². The Kier molecular flexibility index (Phi) is 4.09. The van der Waals surface area contributed by atoms with Gasteiger partial charge in [-0.05, 0) is 31.3 Å². The third kappa shape index (κ3) is 3.01. The third-order valence-electron chi connectivity index (χ3n) is 3.55. The second kappa shape index (κ2) is 5.40. The molecule has 1 aromatic heterocycles. The highest BCUT2D eigenvalue weighted by Crippen LogP contribution is 2.39. The first-order valence-electron chi connectivity index (χ1n) is 6.00. The van der Waals surface area contributed by atoms with Crippen LogP contribution < -0.4 is 5.56 Å². The molecule has 1 N–H and O–H groups in total. The Balaban J connectivity index is 2.23. The van der Waals surface area contributed by atoms with E-state index in [2.05, 4.69) is 11.2 Å². The molecule has 0 spiro atoms. The lowest BCUT2D eigenvalue weighted by molar-refractivity contribution is 0.355. The van der Waals surface area contributed by atoms with Crippen molar-refractivity contribution in [2.45, 2.75) is 43.4 Å². The Morgan fingerprint density at radius 3 is 2.76 bits per heavy atom. The number of nitrogens with zero attached hydrogens (tertiary/aromatic N) is 1. The Morgan fingerprint density at radius 1 is 1.47 bits per heavy atom. The van der Waals surface area contributed by atoms with Gasteiger partial charge in [-0.3, -0.25) is 9.78 Å². The average molecular weight is 270 g/mol. The summed E-state index contributed by atoms with van der Waals surface area (Å²) in [6, 6.07) is 1.55. The van der Waals surface area contributed by atoms with Crippen LogP contribution in [-0.4, -0.2) is 20.6 Å². The molecule has 0 saturated heterocycles. The second-order valence-electron chi connectivity index (χ2n) is 4.69. The van der Waals surface area contributed by atoms with Crippen molar-refractivity contribution in [3.05, 3.63) is 27.4 Å². The molecule has 17 heavy (non-hydrogen) atoms. The van der Waals surface area contributed by atoms with E-state index in [1.54, 1.807) is 6.07 Å². The van der Waals surface area contributed by atoms with E-state index >= 15 is 0 Å². The number of H-pyrrole nitrogens is 1. The van der Waals surface area contributed by atoms with Crippen molar-refractivity contribution in [3.63, 3.8) is 0 Å². The summed E-state index contributed by atoms with van der Waals surface area (Å²) in [5, 5.41) is 0. The van der Waals surface area contributed by atoms with Gasteiger partial charge in [-0.15, -0.1) is 0 Å². The van der Waals surface area contributed by atoms with Crippen LogP contribution in [-0.2, 0) is 6.54 Å². The first-order chi connectivity index (χ1) is 8.15. The number of rotatable bonds is 3. The van der Waals surface area contributed by atoms with Crippen LogP contribution in [0.4, 0.5) is 0 Å². The van der Waals surface area contributed by atoms with Gasteiger partial charge in [0.05, 0.1) is 0 Å². The molecule has 0 aliphatic heterocycles. The van der Waals surface area contributed by atoms with Gasteiger partial charge in [-0.25, -0.2) is 0 Å². The molecular formula is C12H18N2OS2. The van der Waals surface area contributed by atoms with E-state index in [1.165, 1.54) is 32.1 Å². The van der Waals surface area contributed by atoms with Crippen LogP contribution in [0.15, 0.2) is 17.1 Å². The fourth-order valence-corrected chi connectivity index (χ4v) is 3.69. The van der Waals surface area contributed by atoms with E-state index in [-0.39, 0.29) is 5.56 Å². The largest absolute Gasteiger partial charge is 0.324 e. The predicted molar refractivity (Wildman–Crippen MR) is 75.2 cm³/mol. The SMILES string of the molecule is CSC1(Cn2ccc(=O)[nH]c2=S)CCCCC1. The predicted octanol–water partition coefficient (Wildman–Crippen LogP) is 2.97. The fourth-order valence-electron chi connectivity index (χ4n) is 2.50. The average Bonchev–Trinajstić information content (AvgIpc) is 2.34. The normalized spacial score (nSPS) is 19.1. The van der Waals surface area contributed by atoms with E-state index in [0.29, 0.717) is 9.52 Å². The highest BCUT2D eigenvalue weighted by molar-refractivity contribution is 8.00. The number of aromatic amines is 1. The van der Waals surface area contributed by atoms with Gasteiger partial charge in [0, 0.05) is 23.6 Å². The summed E-state index contributed by atoms with van der Waals surface area (Å²) >= 11 is 7.15. The molecule has 1 saturated carbocycles. The van der Waals surface area contributed by atoms with Gasteiger partial charge >= 0.3 is 0 Å². The van der Waals surface area contributed by atoms with E-state index in [4.69, 9.17) is 12.2 Å². The lowest BCUT2D eigenvalue weighted by atomic mass is 9.88. The molecule has 1 aliphatic carbocycles. The molecule has 1 heterocycles. The van der Waals surface area contributed by atoms with Crippen molar-refractivity contribution in [1.82, 2.24) is 9.55 Å². The van der Waals surface area contributed by atoms with Crippen molar-refractivity contribution >= 4 is 24.0 Å². The summed E-state index contributed by atoms with van der Waals surface area (Å²) in [6.45, 7) is 0.907. The standard InChI is InChI=1S/C12H18N2OS2/c1-17-12(6-3-2-4-7-12)9-14-8-5-10(15)13-11(14)16/h5,8H,2-4,6-7,9H2,1H3,(H,13,15,16). The summed E-state index contributed by atoms with van der Waals surface area (Å²) in [4.78, 5) is 13.8. The van der Waals surface area contributed by atoms with Gasteiger partial charge in [-0.1, -0.05) is 19.3 Å². The van der Waals surface area contributed by atoms with Crippen LogP contribution >= 0.6 is 24.0 Å². The van der Waals surface area contributed by atoms with Crippen LogP contribution in [0, 0.1) is 4.77 Å². The van der Waals surface area contributed by atoms with Crippen molar-refractivity contribution in [2.75, 3.05) is 6.26 Å². The highest BCUT2D eigenvalue weighted by Gasteiger charge is 2.31. The summed E-state index contributed by atoms with van der Waals surface area (Å²) in [5.74, 6) is 0. The second-order valence-corrected chi connectivity index (χ2v) is 6.35. The van der Waals surface area contributed by atoms with Crippen LogP contribution in [0.5, 0.6) is 0 Å². The first-order valence-corrected chi connectivity index (χ1v) is 7.63. The molecule has 0 aromatic carbocycles. The zero-order valence-corrected chi connectivity index (χ0v) is 11.7. The molecule has 0 bridgehead atoms. The number of hydrogen-bond acceptors (Lipinski definition) is 3. The molecule has 1 aromatic rings. The van der Waals surface area contributed by atoms with Crippen molar-refractivity contribution in [2.24, 2.45) is 0 Å². The minimum atomic E-state index is -0.118. The van der Waals surface area contributed by atoms with Crippen LogP contribution in [0.2, 0.25) is 0 Å². The smallest absolute Gasteiger partial charge is 0.251 e. The monoisotopic (exact) mass is 270 g/mol. The summed E-state index contributed by atoms with van der Waals surface area (Å²) < 4.78 is 2.84. The van der Waals surface area contributed by atoms with Gasteiger partial charge in [0.15, 0.2) is 4.77 Å². The molecule has 0 amide bonds. The lowest BCUT2D eigenvalue weighted by Crippen LogP contribution is -2.33. The van der Waals surface area contributed by atoms with Gasteiger partial charge in [0.2, 0.25) is 0 Å². The highest BCUT2D eigenvalue weighted by atomic mass is 32.2. The lowest BCUT2D eigenvalue weighted by Gasteiger charge is -2.36. The number of nitrogens with one attached hydrogen (secondary N) is 1. The Morgan fingerprint density at radius 2 is 2.18 bits per heavy atom. The molecule has 1 aliphatic rings. The maximum absolute atomic E-state index is 11.1. The summed E-state index contributed by atoms with van der Waals surface area (Å²) in [7, 11) is 0. The molecule has 0 atom stereocenters. The minimum Gasteiger partial charge on any atom is -0.324 e. The molecule has 2 rings (SSSR count). The topological polar surface area (TPSA) is 37.8 Å². The van der Waals surface area contributed by atoms with Gasteiger partial charge in [0.1, 0.15) is 0 Å². The number of hydrogen-bond donors (Lipinski definition) is 1. The van der Waals surface area contributed by atoms with E-state index in [9.17, 15) is 4.79 Å². The molecular weight excluding hydrogens is 252 g/mol. The number of thioether (sulfide) groups is 1. The maximum Gasteiger partial charge on any atom is 0.251 e. The Labute approximate surface area is 111 Å². The molecule has 3 nitrogen and oxygen atoms in total. The van der Waals surface area contributed by atoms with Gasteiger partial charge < -0.3 is 4.57 Å². The van der Waals surface area contributed by atoms with Gasteiger partial charge in [-0.2, -0.15) is 11.8 Å². The molecule has 0 unspecified atom stereocenters. The zero-order valence-electron chi connectivity index (χ0n) is 10.1. The fraction of sp³-hybridized carbons (Fsp3) is 0.667. The maximum atomic E-state index is 11.1. The van der Waals surface area contributed by atoms with Crippen molar-refractivity contribution in [1.29, 1.82) is 0 Å². The molecule has 94 valence electrons. The summed E-state index contributed by atoms with van der Waals surface area (Å²) in [5.41, 5.74) is -0.118. The quantitative estimate of drug-likeness (QED) is 0.858. The Bertz CT molecular complexity index is 486. The Hall–Kier alpha value is -0.550. The van der Waals surface area contributed by atoms with Gasteiger partial charge in [0.25, 0.3) is 5.56 Å². The minimum absolute atomic E-state index is 0.118. The summed E-state index contributed by atoms with van der Waals surface area (Å²) in [6.07, 6.45) is 10.4. The number of aromatic nitrogens is 2.